The number of carbonyl (C=O) groups excluding carboxylic acids is 1. The first kappa shape index (κ1) is 28.9. The number of hydrogen-bond donors (Lipinski definition) is 0. The Morgan fingerprint density at radius 3 is 2.09 bits per heavy atom. The molecule has 188 valence electrons. The topological polar surface area (TPSA) is 86.5 Å². The molecule has 0 radical (unpaired) electrons. The average Bonchev–Trinajstić information content (AvgIpc) is 2.68. The number of nitrogens with zero attached hydrogens (tertiary/aromatic N) is 1. The molecule has 0 fully saturated rings. The fourth-order valence-corrected chi connectivity index (χ4v) is 3.31. The van der Waals surface area contributed by atoms with Crippen LogP contribution < -0.4 is 0 Å². The van der Waals surface area contributed by atoms with E-state index in [0.29, 0.717) is 12.1 Å². The number of thioether (sulfide) groups is 1. The summed E-state index contributed by atoms with van der Waals surface area (Å²) in [4.78, 5) is 19.6. The van der Waals surface area contributed by atoms with Crippen LogP contribution in [0, 0.1) is 10.1 Å². The zero-order valence-corrected chi connectivity index (χ0v) is 16.8. The molecule has 1 unspecified atom stereocenters. The molecule has 0 N–H and O–H groups in total. The molecule has 0 heterocycles. The third-order valence-corrected chi connectivity index (χ3v) is 5.60. The van der Waals surface area contributed by atoms with Gasteiger partial charge in [0.2, 0.25) is 0 Å². The number of alkyl halides is 11. The van der Waals surface area contributed by atoms with Crippen molar-refractivity contribution in [2.75, 3.05) is 12.4 Å². The highest BCUT2D eigenvalue weighted by molar-refractivity contribution is 8.00. The van der Waals surface area contributed by atoms with Crippen molar-refractivity contribution in [3.63, 3.8) is 0 Å². The number of halogens is 11. The Labute approximate surface area is 182 Å². The Bertz CT molecular complexity index is 923. The number of rotatable bonds is 10. The molecular formula is C14H8F11NO5S2. The van der Waals surface area contributed by atoms with Gasteiger partial charge in [-0.15, -0.1) is 11.8 Å². The van der Waals surface area contributed by atoms with Crippen molar-refractivity contribution >= 4 is 34.2 Å². The van der Waals surface area contributed by atoms with Gasteiger partial charge < -0.3 is 4.74 Å². The molecular weight excluding hydrogens is 535 g/mol. The molecule has 1 rings (SSSR count). The highest BCUT2D eigenvalue weighted by atomic mass is 32.2. The zero-order valence-electron chi connectivity index (χ0n) is 15.2. The van der Waals surface area contributed by atoms with Gasteiger partial charge in [0.15, 0.2) is 17.4 Å². The molecule has 0 saturated heterocycles. The summed E-state index contributed by atoms with van der Waals surface area (Å²) in [5.41, 5.74) is -6.36. The monoisotopic (exact) mass is 543 g/mol. The summed E-state index contributed by atoms with van der Waals surface area (Å²) in [7, 11) is -3.66. The maximum atomic E-state index is 13.3. The van der Waals surface area contributed by atoms with Gasteiger partial charge in [-0.3, -0.25) is 14.9 Å². The van der Waals surface area contributed by atoms with Gasteiger partial charge in [0.25, 0.3) is 5.69 Å². The van der Waals surface area contributed by atoms with Gasteiger partial charge in [-0.1, -0.05) is 0 Å². The third-order valence-electron chi connectivity index (χ3n) is 3.46. The Morgan fingerprint density at radius 1 is 1.09 bits per heavy atom. The first-order valence-electron chi connectivity index (χ1n) is 7.72. The molecule has 0 spiro atoms. The summed E-state index contributed by atoms with van der Waals surface area (Å²) >= 11 is 0.0830. The standard InChI is InChI=1S/C14H8F11NO5S2/c15-10(16)12(19,20)13(21,22)11(17,18)5-31-9(27)4-32-8-2-1-6(3-7(8)26(28)29)33(30)14(23,24)25/h1-3,10H,4-5H2. The van der Waals surface area contributed by atoms with E-state index in [-0.39, 0.29) is 17.8 Å². The lowest BCUT2D eigenvalue weighted by atomic mass is 10.1. The Morgan fingerprint density at radius 2 is 1.64 bits per heavy atom. The lowest BCUT2D eigenvalue weighted by Crippen LogP contribution is -2.59. The number of ether oxygens (including phenoxy) is 1. The molecule has 0 aromatic heterocycles. The highest BCUT2D eigenvalue weighted by Crippen LogP contribution is 2.48. The van der Waals surface area contributed by atoms with Gasteiger partial charge in [-0.05, 0) is 12.1 Å². The molecule has 1 aromatic rings. The molecule has 0 aliphatic rings. The number of nitro benzene ring substituents is 1. The predicted molar refractivity (Wildman–Crippen MR) is 88.1 cm³/mol. The summed E-state index contributed by atoms with van der Waals surface area (Å²) < 4.78 is 155. The van der Waals surface area contributed by atoms with Crippen molar-refractivity contribution < 1.29 is 67.0 Å². The molecule has 1 atom stereocenters. The largest absolute Gasteiger partial charge is 0.475 e. The Balaban J connectivity index is 2.91. The smallest absolute Gasteiger partial charge is 0.458 e. The Hall–Kier alpha value is -2.18. The molecule has 0 aliphatic heterocycles. The molecule has 33 heavy (non-hydrogen) atoms. The van der Waals surface area contributed by atoms with E-state index in [1.165, 1.54) is 0 Å². The fraction of sp³-hybridized carbons (Fsp3) is 0.500. The summed E-state index contributed by atoms with van der Waals surface area (Å²) in [6.45, 7) is -2.76. The number of carbonyl (C=O) groups is 1. The normalized spacial score (nSPS) is 14.3. The van der Waals surface area contributed by atoms with Crippen molar-refractivity contribution in [1.82, 2.24) is 0 Å². The zero-order chi connectivity index (χ0) is 26.0. The third kappa shape index (κ3) is 6.45. The molecule has 0 aliphatic carbocycles. The predicted octanol–water partition coefficient (Wildman–Crippen LogP) is 5.03. The van der Waals surface area contributed by atoms with Gasteiger partial charge in [0, 0.05) is 6.07 Å². The first-order chi connectivity index (χ1) is 14.8. The molecule has 0 bridgehead atoms. The molecule has 1 aromatic carbocycles. The second kappa shape index (κ2) is 9.98. The fourth-order valence-electron chi connectivity index (χ4n) is 1.83. The van der Waals surface area contributed by atoms with E-state index in [9.17, 15) is 67.4 Å². The molecule has 19 heteroatoms. The van der Waals surface area contributed by atoms with Crippen LogP contribution in [-0.4, -0.2) is 57.2 Å². The van der Waals surface area contributed by atoms with Crippen LogP contribution in [-0.2, 0) is 20.3 Å². The van der Waals surface area contributed by atoms with E-state index in [1.807, 2.05) is 0 Å². The van der Waals surface area contributed by atoms with Crippen LogP contribution in [0.3, 0.4) is 0 Å². The molecule has 6 nitrogen and oxygen atoms in total. The van der Waals surface area contributed by atoms with E-state index in [2.05, 4.69) is 4.74 Å². The molecule has 0 amide bonds. The quantitative estimate of drug-likeness (QED) is 0.135. The Kier molecular flexibility index (Phi) is 8.72. The lowest BCUT2D eigenvalue weighted by molar-refractivity contribution is -0.387. The summed E-state index contributed by atoms with van der Waals surface area (Å²) in [6, 6.07) is 1.39. The van der Waals surface area contributed by atoms with E-state index >= 15 is 0 Å². The number of benzene rings is 1. The van der Waals surface area contributed by atoms with Crippen molar-refractivity contribution in [2.24, 2.45) is 0 Å². The minimum Gasteiger partial charge on any atom is -0.458 e. The van der Waals surface area contributed by atoms with Crippen LogP contribution >= 0.6 is 11.8 Å². The minimum absolute atomic E-state index is 0.0830. The number of esters is 1. The van der Waals surface area contributed by atoms with Crippen LogP contribution in [0.4, 0.5) is 54.0 Å². The second-order valence-corrected chi connectivity index (χ2v) is 8.24. The van der Waals surface area contributed by atoms with Crippen LogP contribution in [0.2, 0.25) is 0 Å². The van der Waals surface area contributed by atoms with Crippen LogP contribution in [0.5, 0.6) is 0 Å². The van der Waals surface area contributed by atoms with Crippen molar-refractivity contribution in [1.29, 1.82) is 0 Å². The summed E-state index contributed by atoms with van der Waals surface area (Å²) in [5.74, 6) is -22.0. The van der Waals surface area contributed by atoms with E-state index in [4.69, 9.17) is 0 Å². The van der Waals surface area contributed by atoms with Gasteiger partial charge in [0.05, 0.1) is 20.5 Å². The van der Waals surface area contributed by atoms with E-state index in [1.54, 1.807) is 0 Å². The van der Waals surface area contributed by atoms with Crippen LogP contribution in [0.25, 0.3) is 0 Å². The SMILES string of the molecule is O=C(CSc1ccc(S(=O)C(F)(F)F)cc1[N+](=O)[O-])OCC(F)(F)C(F)(F)C(F)(F)C(F)F. The number of hydrogen-bond acceptors (Lipinski definition) is 6. The maximum absolute atomic E-state index is 13.3. The van der Waals surface area contributed by atoms with E-state index < -0.39 is 79.2 Å². The highest BCUT2D eigenvalue weighted by Gasteiger charge is 2.75. The lowest BCUT2D eigenvalue weighted by Gasteiger charge is -2.31. The van der Waals surface area contributed by atoms with Gasteiger partial charge in [-0.2, -0.15) is 39.5 Å². The maximum Gasteiger partial charge on any atom is 0.475 e. The second-order valence-electron chi connectivity index (χ2n) is 5.75. The van der Waals surface area contributed by atoms with Gasteiger partial charge >= 0.3 is 35.7 Å². The number of nitro groups is 1. The average molecular weight is 543 g/mol. The van der Waals surface area contributed by atoms with E-state index in [0.717, 1.165) is 0 Å². The first-order valence-corrected chi connectivity index (χ1v) is 9.86. The summed E-state index contributed by atoms with van der Waals surface area (Å²) in [5, 5.41) is 11.0. The van der Waals surface area contributed by atoms with Crippen molar-refractivity contribution in [2.45, 2.75) is 39.5 Å². The van der Waals surface area contributed by atoms with Crippen LogP contribution in [0.1, 0.15) is 0 Å². The minimum atomic E-state index is -6.62. The van der Waals surface area contributed by atoms with Crippen molar-refractivity contribution in [3.8, 4) is 0 Å². The van der Waals surface area contributed by atoms with Gasteiger partial charge in [0.1, 0.15) is 0 Å². The summed E-state index contributed by atoms with van der Waals surface area (Å²) in [6.07, 6.45) is -5.18. The van der Waals surface area contributed by atoms with Crippen molar-refractivity contribution in [3.05, 3.63) is 28.3 Å². The van der Waals surface area contributed by atoms with Crippen LogP contribution in [0.15, 0.2) is 28.0 Å². The molecule has 0 saturated carbocycles. The van der Waals surface area contributed by atoms with Gasteiger partial charge in [-0.25, -0.2) is 13.0 Å².